The third-order valence-corrected chi connectivity index (χ3v) is 4.53. The average molecular weight is 259 g/mol. The fourth-order valence-electron chi connectivity index (χ4n) is 3.18. The zero-order valence-corrected chi connectivity index (χ0v) is 10.3. The lowest BCUT2D eigenvalue weighted by molar-refractivity contribution is -0.146. The van der Waals surface area contributed by atoms with E-state index in [1.54, 1.807) is 0 Å². The third kappa shape index (κ3) is 1.91. The van der Waals surface area contributed by atoms with Crippen LogP contribution in [0.2, 0.25) is 0 Å². The van der Waals surface area contributed by atoms with Crippen LogP contribution in [-0.2, 0) is 4.79 Å². The van der Waals surface area contributed by atoms with Crippen molar-refractivity contribution in [2.24, 2.45) is 17.8 Å². The van der Waals surface area contributed by atoms with E-state index in [0.29, 0.717) is 17.6 Å². The van der Waals surface area contributed by atoms with Gasteiger partial charge in [0.25, 0.3) is 0 Å². The Morgan fingerprint density at radius 2 is 2.00 bits per heavy atom. The highest BCUT2D eigenvalue weighted by Gasteiger charge is 2.48. The molecule has 0 aromatic heterocycles. The van der Waals surface area contributed by atoms with E-state index in [9.17, 15) is 4.79 Å². The normalized spacial score (nSPS) is 36.4. The van der Waals surface area contributed by atoms with Gasteiger partial charge in [0.05, 0.1) is 0 Å². The lowest BCUT2D eigenvalue weighted by Crippen LogP contribution is -2.48. The van der Waals surface area contributed by atoms with Crippen LogP contribution in [0.4, 0.5) is 0 Å². The number of fused-ring (bicyclic) bond motifs is 1. The lowest BCUT2D eigenvalue weighted by Gasteiger charge is -2.46. The van der Waals surface area contributed by atoms with Crippen LogP contribution >= 0.6 is 15.9 Å². The second-order valence-electron chi connectivity index (χ2n) is 4.75. The Morgan fingerprint density at radius 3 is 2.79 bits per heavy atom. The highest BCUT2D eigenvalue weighted by molar-refractivity contribution is 9.09. The Hall–Kier alpha value is 0.150. The van der Waals surface area contributed by atoms with Crippen LogP contribution in [0.3, 0.4) is 0 Å². The van der Waals surface area contributed by atoms with E-state index in [-0.39, 0.29) is 0 Å². The van der Waals surface area contributed by atoms with E-state index >= 15 is 0 Å². The molecule has 0 saturated heterocycles. The van der Waals surface area contributed by atoms with E-state index in [4.69, 9.17) is 0 Å². The van der Waals surface area contributed by atoms with Gasteiger partial charge in [-0.1, -0.05) is 35.2 Å². The Balaban J connectivity index is 1.79. The minimum absolute atomic E-state index is 0.458. The van der Waals surface area contributed by atoms with Crippen molar-refractivity contribution < 1.29 is 4.79 Å². The summed E-state index contributed by atoms with van der Waals surface area (Å²) in [4.78, 5) is 11.8. The lowest BCUT2D eigenvalue weighted by atomic mass is 9.56. The molecule has 0 spiro atoms. The van der Waals surface area contributed by atoms with Crippen molar-refractivity contribution in [3.05, 3.63) is 0 Å². The summed E-state index contributed by atoms with van der Waals surface area (Å²) in [5, 5.41) is 1.09. The van der Waals surface area contributed by atoms with Crippen LogP contribution in [0.5, 0.6) is 0 Å². The number of carbonyl (C=O) groups is 1. The van der Waals surface area contributed by atoms with Gasteiger partial charge >= 0.3 is 0 Å². The Kier molecular flexibility index (Phi) is 3.64. The van der Waals surface area contributed by atoms with Crippen LogP contribution in [-0.4, -0.2) is 11.1 Å². The molecule has 2 aliphatic carbocycles. The van der Waals surface area contributed by atoms with Crippen molar-refractivity contribution in [2.75, 3.05) is 5.33 Å². The summed E-state index contributed by atoms with van der Waals surface area (Å²) in [6.45, 7) is 0. The van der Waals surface area contributed by atoms with Gasteiger partial charge in [-0.15, -0.1) is 0 Å². The molecule has 3 atom stereocenters. The standard InChI is InChI=1S/C12H19BrO/c13-8-4-3-7-11-9-5-1-2-6-10(9)12(11)14/h9-11H,1-8H2/t9-,10+,11-/m0/s1. The first-order valence-corrected chi connectivity index (χ1v) is 7.06. The molecular formula is C12H19BrO. The summed E-state index contributed by atoms with van der Waals surface area (Å²) < 4.78 is 0. The van der Waals surface area contributed by atoms with Crippen molar-refractivity contribution in [1.82, 2.24) is 0 Å². The number of alkyl halides is 1. The first-order chi connectivity index (χ1) is 6.84. The zero-order valence-electron chi connectivity index (χ0n) is 8.68. The van der Waals surface area contributed by atoms with Gasteiger partial charge in [-0.3, -0.25) is 4.79 Å². The minimum Gasteiger partial charge on any atom is -0.299 e. The largest absolute Gasteiger partial charge is 0.299 e. The van der Waals surface area contributed by atoms with Crippen LogP contribution in [0, 0.1) is 17.8 Å². The molecule has 14 heavy (non-hydrogen) atoms. The number of ketones is 1. The van der Waals surface area contributed by atoms with Crippen LogP contribution in [0.15, 0.2) is 0 Å². The number of halogens is 1. The molecule has 0 aromatic carbocycles. The Labute approximate surface area is 94.8 Å². The van der Waals surface area contributed by atoms with Crippen molar-refractivity contribution >= 4 is 21.7 Å². The molecule has 0 unspecified atom stereocenters. The number of hydrogen-bond acceptors (Lipinski definition) is 1. The maximum Gasteiger partial charge on any atom is 0.139 e. The summed E-state index contributed by atoms with van der Waals surface area (Å²) in [7, 11) is 0. The topological polar surface area (TPSA) is 17.1 Å². The van der Waals surface area contributed by atoms with Crippen LogP contribution in [0.1, 0.15) is 44.9 Å². The SMILES string of the molecule is O=C1[C@@H](CCCCBr)[C@H]2CCCC[C@@H]12. The zero-order chi connectivity index (χ0) is 9.97. The number of unbranched alkanes of at least 4 members (excludes halogenated alkanes) is 1. The maximum absolute atomic E-state index is 11.8. The van der Waals surface area contributed by atoms with Gasteiger partial charge in [-0.05, 0) is 31.6 Å². The molecule has 2 rings (SSSR count). The van der Waals surface area contributed by atoms with E-state index < -0.39 is 0 Å². The van der Waals surface area contributed by atoms with Gasteiger partial charge < -0.3 is 0 Å². The van der Waals surface area contributed by atoms with Crippen molar-refractivity contribution in [1.29, 1.82) is 0 Å². The van der Waals surface area contributed by atoms with E-state index in [2.05, 4.69) is 15.9 Å². The second-order valence-corrected chi connectivity index (χ2v) is 5.54. The van der Waals surface area contributed by atoms with Crippen molar-refractivity contribution in [3.63, 3.8) is 0 Å². The molecule has 0 aliphatic heterocycles. The molecule has 2 heteroatoms. The Bertz CT molecular complexity index is 214. The van der Waals surface area contributed by atoms with Crippen molar-refractivity contribution in [3.8, 4) is 0 Å². The molecule has 0 aromatic rings. The quantitative estimate of drug-likeness (QED) is 0.557. The van der Waals surface area contributed by atoms with Gasteiger partial charge in [0.15, 0.2) is 0 Å². The molecule has 0 heterocycles. The van der Waals surface area contributed by atoms with Gasteiger partial charge in [0.1, 0.15) is 5.78 Å². The molecule has 0 bridgehead atoms. The predicted molar refractivity (Wildman–Crippen MR) is 61.6 cm³/mol. The predicted octanol–water partition coefficient (Wildman–Crippen LogP) is 3.56. The molecule has 2 fully saturated rings. The molecule has 2 saturated carbocycles. The minimum atomic E-state index is 0.458. The Morgan fingerprint density at radius 1 is 1.21 bits per heavy atom. The fourth-order valence-corrected chi connectivity index (χ4v) is 3.57. The molecule has 2 aliphatic rings. The smallest absolute Gasteiger partial charge is 0.139 e. The number of hydrogen-bond donors (Lipinski definition) is 0. The van der Waals surface area contributed by atoms with Crippen LogP contribution < -0.4 is 0 Å². The summed E-state index contributed by atoms with van der Waals surface area (Å²) in [5.41, 5.74) is 0. The molecule has 80 valence electrons. The fraction of sp³-hybridized carbons (Fsp3) is 0.917. The van der Waals surface area contributed by atoms with Crippen LogP contribution in [0.25, 0.3) is 0 Å². The number of rotatable bonds is 4. The summed E-state index contributed by atoms with van der Waals surface area (Å²) >= 11 is 3.44. The van der Waals surface area contributed by atoms with Gasteiger partial charge in [-0.2, -0.15) is 0 Å². The number of carbonyl (C=O) groups excluding carboxylic acids is 1. The number of Topliss-reactive ketones (excluding diaryl/α,β-unsaturated/α-hetero) is 1. The van der Waals surface area contributed by atoms with Gasteiger partial charge in [-0.25, -0.2) is 0 Å². The monoisotopic (exact) mass is 258 g/mol. The first kappa shape index (κ1) is 10.7. The summed E-state index contributed by atoms with van der Waals surface area (Å²) in [6, 6.07) is 0. The molecule has 0 N–H and O–H groups in total. The average Bonchev–Trinajstić information content (AvgIpc) is 2.24. The van der Waals surface area contributed by atoms with E-state index in [1.807, 2.05) is 0 Å². The molecule has 1 nitrogen and oxygen atoms in total. The summed E-state index contributed by atoms with van der Waals surface area (Å²) in [6.07, 6.45) is 8.79. The molecular weight excluding hydrogens is 240 g/mol. The van der Waals surface area contributed by atoms with Gasteiger partial charge in [0.2, 0.25) is 0 Å². The molecule has 0 radical (unpaired) electrons. The molecule has 0 amide bonds. The van der Waals surface area contributed by atoms with Crippen molar-refractivity contribution in [2.45, 2.75) is 44.9 Å². The highest BCUT2D eigenvalue weighted by atomic mass is 79.9. The highest BCUT2D eigenvalue weighted by Crippen LogP contribution is 2.48. The second kappa shape index (κ2) is 4.78. The van der Waals surface area contributed by atoms with E-state index in [1.165, 1.54) is 38.5 Å². The van der Waals surface area contributed by atoms with Gasteiger partial charge in [0, 0.05) is 17.2 Å². The van der Waals surface area contributed by atoms with E-state index in [0.717, 1.165) is 17.7 Å². The first-order valence-electron chi connectivity index (χ1n) is 5.94. The maximum atomic E-state index is 11.8. The summed E-state index contributed by atoms with van der Waals surface area (Å²) in [5.74, 6) is 2.33. The third-order valence-electron chi connectivity index (χ3n) is 3.97.